The Morgan fingerprint density at radius 2 is 1.85 bits per heavy atom. The molecule has 0 unspecified atom stereocenters. The second kappa shape index (κ2) is 8.59. The summed E-state index contributed by atoms with van der Waals surface area (Å²) in [6.45, 7) is 1.38. The van der Waals surface area contributed by atoms with Gasteiger partial charge in [0, 0.05) is 6.04 Å². The molecule has 0 spiro atoms. The van der Waals surface area contributed by atoms with E-state index in [1.54, 1.807) is 0 Å². The topological polar surface area (TPSA) is 116 Å². The minimum Gasteiger partial charge on any atom is -0.449 e. The Labute approximate surface area is 152 Å². The quantitative estimate of drug-likeness (QED) is 0.592. The summed E-state index contributed by atoms with van der Waals surface area (Å²) in [7, 11) is -4.10. The van der Waals surface area contributed by atoms with Gasteiger partial charge in [-0.25, -0.2) is 22.7 Å². The highest BCUT2D eigenvalue weighted by atomic mass is 32.2. The molecule has 1 atom stereocenters. The molecule has 0 radical (unpaired) electrons. The highest BCUT2D eigenvalue weighted by molar-refractivity contribution is 7.89. The van der Waals surface area contributed by atoms with Gasteiger partial charge in [-0.1, -0.05) is 25.7 Å². The van der Waals surface area contributed by atoms with Crippen molar-refractivity contribution in [3.8, 4) is 0 Å². The zero-order chi connectivity index (χ0) is 19.3. The number of amides is 1. The van der Waals surface area contributed by atoms with Crippen LogP contribution in [0.3, 0.4) is 0 Å². The zero-order valence-corrected chi connectivity index (χ0v) is 15.4. The molecule has 0 heterocycles. The van der Waals surface area contributed by atoms with Gasteiger partial charge in [0.15, 0.2) is 6.10 Å². The Balaban J connectivity index is 2.03. The summed E-state index contributed by atoms with van der Waals surface area (Å²) in [5, 5.41) is 7.82. The van der Waals surface area contributed by atoms with Gasteiger partial charge in [0.1, 0.15) is 5.82 Å². The molecule has 0 aromatic heterocycles. The predicted molar refractivity (Wildman–Crippen MR) is 92.3 cm³/mol. The molecule has 1 fully saturated rings. The summed E-state index contributed by atoms with van der Waals surface area (Å²) in [5.41, 5.74) is -0.592. The van der Waals surface area contributed by atoms with E-state index in [0.717, 1.165) is 56.7 Å². The molecule has 0 saturated heterocycles. The van der Waals surface area contributed by atoms with Gasteiger partial charge in [0.2, 0.25) is 10.0 Å². The highest BCUT2D eigenvalue weighted by Gasteiger charge is 2.24. The molecule has 1 saturated carbocycles. The Morgan fingerprint density at radius 3 is 2.42 bits per heavy atom. The zero-order valence-electron chi connectivity index (χ0n) is 14.5. The number of ether oxygens (including phenoxy) is 1. The molecule has 9 heteroatoms. The van der Waals surface area contributed by atoms with Crippen molar-refractivity contribution in [1.82, 2.24) is 5.32 Å². The number of nitrogens with one attached hydrogen (secondary N) is 1. The molecule has 2 rings (SSSR count). The van der Waals surface area contributed by atoms with Crippen molar-refractivity contribution >= 4 is 21.9 Å². The van der Waals surface area contributed by atoms with Crippen molar-refractivity contribution < 1.29 is 27.1 Å². The Kier molecular flexibility index (Phi) is 6.71. The average Bonchev–Trinajstić information content (AvgIpc) is 2.82. The fourth-order valence-electron chi connectivity index (χ4n) is 2.86. The van der Waals surface area contributed by atoms with Crippen molar-refractivity contribution in [2.75, 3.05) is 0 Å². The lowest BCUT2D eigenvalue weighted by molar-refractivity contribution is -0.129. The number of carbonyl (C=O) groups is 2. The summed E-state index contributed by atoms with van der Waals surface area (Å²) in [4.78, 5) is 23.9. The average molecular weight is 386 g/mol. The molecule has 7 nitrogen and oxygen atoms in total. The maximum absolute atomic E-state index is 13.8. The molecule has 1 amide bonds. The Morgan fingerprint density at radius 1 is 1.23 bits per heavy atom. The highest BCUT2D eigenvalue weighted by Crippen LogP contribution is 2.18. The van der Waals surface area contributed by atoms with Gasteiger partial charge in [0.05, 0.1) is 10.5 Å². The number of carbonyl (C=O) groups excluding carboxylic acids is 2. The number of hydrogen-bond donors (Lipinski definition) is 2. The largest absolute Gasteiger partial charge is 0.449 e. The molecule has 144 valence electrons. The van der Waals surface area contributed by atoms with Crippen molar-refractivity contribution in [2.24, 2.45) is 5.14 Å². The number of rotatable bonds is 5. The van der Waals surface area contributed by atoms with Gasteiger partial charge < -0.3 is 10.1 Å². The number of benzene rings is 1. The second-order valence-corrected chi connectivity index (χ2v) is 7.99. The molecule has 1 aliphatic rings. The molecule has 1 aromatic rings. The number of primary sulfonamides is 1. The van der Waals surface area contributed by atoms with Gasteiger partial charge in [-0.2, -0.15) is 0 Å². The van der Waals surface area contributed by atoms with E-state index in [-0.39, 0.29) is 6.04 Å². The van der Waals surface area contributed by atoms with E-state index < -0.39 is 44.3 Å². The molecule has 26 heavy (non-hydrogen) atoms. The van der Waals surface area contributed by atoms with E-state index >= 15 is 0 Å². The van der Waals surface area contributed by atoms with Gasteiger partial charge in [0.25, 0.3) is 5.91 Å². The molecule has 1 aromatic carbocycles. The maximum atomic E-state index is 13.8. The normalized spacial score (nSPS) is 17.2. The van der Waals surface area contributed by atoms with Crippen LogP contribution in [0.4, 0.5) is 4.39 Å². The smallest absolute Gasteiger partial charge is 0.341 e. The van der Waals surface area contributed by atoms with E-state index in [0.29, 0.717) is 0 Å². The van der Waals surface area contributed by atoms with Crippen LogP contribution in [0.1, 0.15) is 55.8 Å². The first-order chi connectivity index (χ1) is 12.2. The van der Waals surface area contributed by atoms with Crippen LogP contribution in [0.2, 0.25) is 0 Å². The maximum Gasteiger partial charge on any atom is 0.341 e. The van der Waals surface area contributed by atoms with Crippen molar-refractivity contribution in [3.05, 3.63) is 29.6 Å². The lowest BCUT2D eigenvalue weighted by atomic mass is 10.1. The van der Waals surface area contributed by atoms with E-state index in [1.807, 2.05) is 0 Å². The lowest BCUT2D eigenvalue weighted by Gasteiger charge is -2.19. The SMILES string of the molecule is C[C@@H](OC(=O)c1cc(S(N)(=O)=O)ccc1F)C(=O)NC1CCCCCC1. The van der Waals surface area contributed by atoms with E-state index in [4.69, 9.17) is 9.88 Å². The first kappa shape index (κ1) is 20.3. The molecule has 1 aliphatic carbocycles. The lowest BCUT2D eigenvalue weighted by Crippen LogP contribution is -2.42. The van der Waals surface area contributed by atoms with Crippen LogP contribution < -0.4 is 10.5 Å². The van der Waals surface area contributed by atoms with Crippen LogP contribution in [0.15, 0.2) is 23.1 Å². The standard InChI is InChI=1S/C17H23FN2O5S/c1-11(16(21)20-12-6-4-2-3-5-7-12)25-17(22)14-10-13(26(19,23)24)8-9-15(14)18/h8-12H,2-7H2,1H3,(H,20,21)(H2,19,23,24)/t11-/m1/s1. The van der Waals surface area contributed by atoms with Crippen LogP contribution in [0, 0.1) is 5.82 Å². The third-order valence-corrected chi connectivity index (χ3v) is 5.25. The van der Waals surface area contributed by atoms with Gasteiger partial charge >= 0.3 is 5.97 Å². The Bertz CT molecular complexity index is 773. The molecule has 0 bridgehead atoms. The number of hydrogen-bond acceptors (Lipinski definition) is 5. The fourth-order valence-corrected chi connectivity index (χ4v) is 3.40. The summed E-state index contributed by atoms with van der Waals surface area (Å²) in [5.74, 6) is -2.55. The summed E-state index contributed by atoms with van der Waals surface area (Å²) >= 11 is 0. The van der Waals surface area contributed by atoms with E-state index in [2.05, 4.69) is 5.32 Å². The van der Waals surface area contributed by atoms with Crippen LogP contribution in [-0.4, -0.2) is 32.4 Å². The van der Waals surface area contributed by atoms with Crippen molar-refractivity contribution in [2.45, 2.75) is 62.5 Å². The summed E-state index contributed by atoms with van der Waals surface area (Å²) in [6.07, 6.45) is 4.94. The molecular weight excluding hydrogens is 363 g/mol. The van der Waals surface area contributed by atoms with Crippen molar-refractivity contribution in [1.29, 1.82) is 0 Å². The van der Waals surface area contributed by atoms with Crippen LogP contribution >= 0.6 is 0 Å². The predicted octanol–water partition coefficient (Wildman–Crippen LogP) is 1.86. The van der Waals surface area contributed by atoms with Crippen LogP contribution in [0.5, 0.6) is 0 Å². The minimum atomic E-state index is -4.10. The number of sulfonamides is 1. The summed E-state index contributed by atoms with van der Waals surface area (Å²) < 4.78 is 41.5. The third kappa shape index (κ3) is 5.50. The van der Waals surface area contributed by atoms with Gasteiger partial charge in [-0.05, 0) is 38.0 Å². The van der Waals surface area contributed by atoms with E-state index in [1.165, 1.54) is 6.92 Å². The fraction of sp³-hybridized carbons (Fsp3) is 0.529. The van der Waals surface area contributed by atoms with Crippen molar-refractivity contribution in [3.63, 3.8) is 0 Å². The number of nitrogens with two attached hydrogens (primary N) is 1. The molecule has 0 aliphatic heterocycles. The van der Waals surface area contributed by atoms with Gasteiger partial charge in [-0.15, -0.1) is 0 Å². The monoisotopic (exact) mass is 386 g/mol. The minimum absolute atomic E-state index is 0.0357. The summed E-state index contributed by atoms with van der Waals surface area (Å²) in [6, 6.07) is 2.59. The first-order valence-corrected chi connectivity index (χ1v) is 10.1. The van der Waals surface area contributed by atoms with Crippen LogP contribution in [0.25, 0.3) is 0 Å². The van der Waals surface area contributed by atoms with E-state index in [9.17, 15) is 22.4 Å². The second-order valence-electron chi connectivity index (χ2n) is 6.43. The van der Waals surface area contributed by atoms with Crippen LogP contribution in [-0.2, 0) is 19.6 Å². The number of esters is 1. The first-order valence-electron chi connectivity index (χ1n) is 8.52. The molecule has 3 N–H and O–H groups in total. The molecular formula is C17H23FN2O5S. The van der Waals surface area contributed by atoms with Gasteiger partial charge in [-0.3, -0.25) is 4.79 Å². The number of halogens is 1. The Hall–Kier alpha value is -2.00. The third-order valence-electron chi connectivity index (χ3n) is 4.34.